The van der Waals surface area contributed by atoms with Gasteiger partial charge in [-0.15, -0.1) is 0 Å². The Hall–Kier alpha value is -2.04. The minimum atomic E-state index is -0.449. The summed E-state index contributed by atoms with van der Waals surface area (Å²) in [5.74, 6) is -0.299. The number of unbranched alkanes of at least 4 members (excludes halogenated alkanes) is 1. The molecule has 0 aromatic heterocycles. The number of carbonyl (C=O) groups excluding carboxylic acids is 2. The first-order valence-corrected chi connectivity index (χ1v) is 8.45. The van der Waals surface area contributed by atoms with Gasteiger partial charge in [-0.1, -0.05) is 43.7 Å². The summed E-state index contributed by atoms with van der Waals surface area (Å²) in [6, 6.07) is 9.55. The Kier molecular flexibility index (Phi) is 8.30. The second kappa shape index (κ2) is 9.96. The van der Waals surface area contributed by atoms with Crippen LogP contribution in [-0.2, 0) is 20.9 Å². The molecule has 0 unspecified atom stereocenters. The summed E-state index contributed by atoms with van der Waals surface area (Å²) in [5.41, 5.74) is 0.508. The van der Waals surface area contributed by atoms with Gasteiger partial charge in [0.05, 0.1) is 5.92 Å². The number of amides is 1. The van der Waals surface area contributed by atoms with Crippen LogP contribution in [0.2, 0.25) is 0 Å². The fourth-order valence-corrected chi connectivity index (χ4v) is 2.06. The lowest BCUT2D eigenvalue weighted by molar-refractivity contribution is -0.159. The molecule has 0 spiro atoms. The van der Waals surface area contributed by atoms with Gasteiger partial charge in [-0.25, -0.2) is 4.79 Å². The standard InChI is InChI=1S/C19H29NO4/c1-15(17(21)24-19(2,3)4)10-8-9-13-20-18(22)23-14-16-11-6-5-7-12-16/h5-7,11-12,15H,8-10,13-14H2,1-4H3,(H,20,22)/t15-/m1/s1. The van der Waals surface area contributed by atoms with Crippen molar-refractivity contribution < 1.29 is 19.1 Å². The van der Waals surface area contributed by atoms with Crippen molar-refractivity contribution >= 4 is 12.1 Å². The Morgan fingerprint density at radius 2 is 1.79 bits per heavy atom. The minimum absolute atomic E-state index is 0.130. The van der Waals surface area contributed by atoms with Crippen molar-refractivity contribution in [2.75, 3.05) is 6.54 Å². The van der Waals surface area contributed by atoms with Crippen molar-refractivity contribution in [3.8, 4) is 0 Å². The summed E-state index contributed by atoms with van der Waals surface area (Å²) in [6.45, 7) is 8.26. The van der Waals surface area contributed by atoms with E-state index in [1.807, 2.05) is 58.0 Å². The van der Waals surface area contributed by atoms with Crippen molar-refractivity contribution in [2.45, 2.75) is 59.2 Å². The summed E-state index contributed by atoms with van der Waals surface area (Å²) in [6.07, 6.45) is 1.97. The van der Waals surface area contributed by atoms with Gasteiger partial charge in [0.25, 0.3) is 0 Å². The molecule has 1 aromatic carbocycles. The van der Waals surface area contributed by atoms with Crippen molar-refractivity contribution in [3.63, 3.8) is 0 Å². The van der Waals surface area contributed by atoms with E-state index < -0.39 is 11.7 Å². The summed E-state index contributed by atoms with van der Waals surface area (Å²) >= 11 is 0. The fraction of sp³-hybridized carbons (Fsp3) is 0.579. The van der Waals surface area contributed by atoms with Crippen LogP contribution in [0.25, 0.3) is 0 Å². The number of benzene rings is 1. The maximum absolute atomic E-state index is 11.8. The molecule has 0 fully saturated rings. The zero-order chi connectivity index (χ0) is 18.0. The smallest absolute Gasteiger partial charge is 0.407 e. The molecule has 0 heterocycles. The van der Waals surface area contributed by atoms with Crippen molar-refractivity contribution in [2.24, 2.45) is 5.92 Å². The number of alkyl carbamates (subject to hydrolysis) is 1. The maximum atomic E-state index is 11.8. The number of esters is 1. The lowest BCUT2D eigenvalue weighted by Gasteiger charge is -2.22. The number of carbonyl (C=O) groups is 2. The molecule has 0 aliphatic carbocycles. The Morgan fingerprint density at radius 1 is 1.12 bits per heavy atom. The number of hydrogen-bond acceptors (Lipinski definition) is 4. The summed E-state index contributed by atoms with van der Waals surface area (Å²) in [5, 5.41) is 2.72. The zero-order valence-corrected chi connectivity index (χ0v) is 15.1. The maximum Gasteiger partial charge on any atom is 0.407 e. The van der Waals surface area contributed by atoms with Crippen molar-refractivity contribution in [3.05, 3.63) is 35.9 Å². The third kappa shape index (κ3) is 9.18. The van der Waals surface area contributed by atoms with Crippen LogP contribution in [0.1, 0.15) is 52.5 Å². The quantitative estimate of drug-likeness (QED) is 0.575. The van der Waals surface area contributed by atoms with E-state index in [-0.39, 0.29) is 18.5 Å². The highest BCUT2D eigenvalue weighted by Gasteiger charge is 2.21. The molecule has 0 saturated heterocycles. The lowest BCUT2D eigenvalue weighted by Crippen LogP contribution is -2.28. The fourth-order valence-electron chi connectivity index (χ4n) is 2.06. The van der Waals surface area contributed by atoms with Crippen LogP contribution in [-0.4, -0.2) is 24.2 Å². The third-order valence-corrected chi connectivity index (χ3v) is 3.36. The molecule has 1 N–H and O–H groups in total. The van der Waals surface area contributed by atoms with E-state index in [4.69, 9.17) is 9.47 Å². The molecule has 0 bridgehead atoms. The van der Waals surface area contributed by atoms with Crippen LogP contribution >= 0.6 is 0 Å². The van der Waals surface area contributed by atoms with Gasteiger partial charge < -0.3 is 14.8 Å². The van der Waals surface area contributed by atoms with Crippen LogP contribution in [0.5, 0.6) is 0 Å². The highest BCUT2D eigenvalue weighted by molar-refractivity contribution is 5.72. The molecule has 24 heavy (non-hydrogen) atoms. The molecule has 1 aromatic rings. The van der Waals surface area contributed by atoms with Crippen LogP contribution in [0, 0.1) is 5.92 Å². The summed E-state index contributed by atoms with van der Waals surface area (Å²) in [4.78, 5) is 23.4. The average molecular weight is 335 g/mol. The van der Waals surface area contributed by atoms with Crippen molar-refractivity contribution in [1.29, 1.82) is 0 Å². The van der Waals surface area contributed by atoms with E-state index in [0.717, 1.165) is 24.8 Å². The Bertz CT molecular complexity index is 508. The molecule has 0 aliphatic heterocycles. The first-order valence-electron chi connectivity index (χ1n) is 8.45. The SMILES string of the molecule is C[C@H](CCCCNC(=O)OCc1ccccc1)C(=O)OC(C)(C)C. The van der Waals surface area contributed by atoms with E-state index >= 15 is 0 Å². The number of ether oxygens (including phenoxy) is 2. The Morgan fingerprint density at radius 3 is 2.42 bits per heavy atom. The first-order chi connectivity index (χ1) is 11.3. The van der Waals surface area contributed by atoms with Crippen LogP contribution < -0.4 is 5.32 Å². The van der Waals surface area contributed by atoms with Gasteiger partial charge in [0.2, 0.25) is 0 Å². The van der Waals surface area contributed by atoms with Gasteiger partial charge in [-0.05, 0) is 39.2 Å². The van der Waals surface area contributed by atoms with Crippen LogP contribution in [0.15, 0.2) is 30.3 Å². The highest BCUT2D eigenvalue weighted by atomic mass is 16.6. The van der Waals surface area contributed by atoms with Gasteiger partial charge in [0.1, 0.15) is 12.2 Å². The highest BCUT2D eigenvalue weighted by Crippen LogP contribution is 2.15. The summed E-state index contributed by atoms with van der Waals surface area (Å²) < 4.78 is 10.5. The second-order valence-corrected chi connectivity index (χ2v) is 6.92. The number of hydrogen-bond donors (Lipinski definition) is 1. The Labute approximate surface area is 144 Å². The predicted molar refractivity (Wildman–Crippen MR) is 93.5 cm³/mol. The molecule has 0 saturated carbocycles. The minimum Gasteiger partial charge on any atom is -0.460 e. The van der Waals surface area contributed by atoms with E-state index in [2.05, 4.69) is 5.32 Å². The summed E-state index contributed by atoms with van der Waals surface area (Å²) in [7, 11) is 0. The molecule has 5 nitrogen and oxygen atoms in total. The molecular weight excluding hydrogens is 306 g/mol. The van der Waals surface area contributed by atoms with E-state index in [1.54, 1.807) is 0 Å². The van der Waals surface area contributed by atoms with Gasteiger partial charge in [0, 0.05) is 6.54 Å². The predicted octanol–water partition coefficient (Wildman–Crippen LogP) is 4.06. The molecule has 0 radical (unpaired) electrons. The van der Waals surface area contributed by atoms with Gasteiger partial charge in [-0.3, -0.25) is 4.79 Å². The third-order valence-electron chi connectivity index (χ3n) is 3.36. The molecule has 1 rings (SSSR count). The lowest BCUT2D eigenvalue weighted by atomic mass is 10.0. The Balaban J connectivity index is 2.09. The normalized spacial score (nSPS) is 12.3. The van der Waals surface area contributed by atoms with E-state index in [1.165, 1.54) is 0 Å². The van der Waals surface area contributed by atoms with E-state index in [9.17, 15) is 9.59 Å². The van der Waals surface area contributed by atoms with Gasteiger partial charge >= 0.3 is 12.1 Å². The molecule has 1 atom stereocenters. The molecule has 5 heteroatoms. The molecule has 134 valence electrons. The first kappa shape index (κ1) is 20.0. The average Bonchev–Trinajstić information content (AvgIpc) is 2.51. The van der Waals surface area contributed by atoms with Gasteiger partial charge in [-0.2, -0.15) is 0 Å². The zero-order valence-electron chi connectivity index (χ0n) is 15.1. The van der Waals surface area contributed by atoms with Gasteiger partial charge in [0.15, 0.2) is 0 Å². The second-order valence-electron chi connectivity index (χ2n) is 6.92. The van der Waals surface area contributed by atoms with E-state index in [0.29, 0.717) is 6.54 Å². The van der Waals surface area contributed by atoms with Crippen LogP contribution in [0.4, 0.5) is 4.79 Å². The molecule has 1 amide bonds. The van der Waals surface area contributed by atoms with Crippen molar-refractivity contribution in [1.82, 2.24) is 5.32 Å². The molecule has 0 aliphatic rings. The molecular formula is C19H29NO4. The number of nitrogens with one attached hydrogen (secondary N) is 1. The van der Waals surface area contributed by atoms with Crippen LogP contribution in [0.3, 0.4) is 0 Å². The number of rotatable bonds is 8. The monoisotopic (exact) mass is 335 g/mol. The largest absolute Gasteiger partial charge is 0.460 e. The topological polar surface area (TPSA) is 64.6 Å².